The van der Waals surface area contributed by atoms with Gasteiger partial charge in [0.25, 0.3) is 5.91 Å². The van der Waals surface area contributed by atoms with Crippen LogP contribution in [0.5, 0.6) is 5.75 Å². The number of nitrogens with one attached hydrogen (secondary N) is 1. The fourth-order valence-electron chi connectivity index (χ4n) is 2.68. The average Bonchev–Trinajstić information content (AvgIpc) is 3.00. The second-order valence-corrected chi connectivity index (χ2v) is 6.90. The molecular weight excluding hydrogens is 364 g/mol. The van der Waals surface area contributed by atoms with Gasteiger partial charge in [-0.2, -0.15) is 0 Å². The first kappa shape index (κ1) is 19.0. The Morgan fingerprint density at radius 2 is 1.96 bits per heavy atom. The molecule has 0 atom stereocenters. The molecule has 27 heavy (non-hydrogen) atoms. The summed E-state index contributed by atoms with van der Waals surface area (Å²) in [6.07, 6.45) is 0. The minimum Gasteiger partial charge on any atom is -0.488 e. The number of amides is 1. The lowest BCUT2D eigenvalue weighted by atomic mass is 10.1. The zero-order valence-electron chi connectivity index (χ0n) is 15.7. The lowest BCUT2D eigenvalue weighted by Gasteiger charge is -2.11. The molecule has 0 fully saturated rings. The Hall–Kier alpha value is -2.79. The zero-order chi connectivity index (χ0) is 19.6. The van der Waals surface area contributed by atoms with E-state index in [4.69, 9.17) is 20.9 Å². The molecule has 0 saturated heterocycles. The third-order valence-corrected chi connectivity index (χ3v) is 4.84. The van der Waals surface area contributed by atoms with Crippen molar-refractivity contribution in [3.8, 4) is 5.75 Å². The van der Waals surface area contributed by atoms with E-state index in [0.717, 1.165) is 22.4 Å². The molecule has 0 saturated carbocycles. The van der Waals surface area contributed by atoms with Crippen molar-refractivity contribution in [3.05, 3.63) is 75.1 Å². The summed E-state index contributed by atoms with van der Waals surface area (Å²) in [5.41, 5.74) is 4.38. The van der Waals surface area contributed by atoms with Gasteiger partial charge in [0, 0.05) is 10.7 Å². The van der Waals surface area contributed by atoms with Crippen LogP contribution in [-0.4, -0.2) is 11.1 Å². The van der Waals surface area contributed by atoms with Gasteiger partial charge in [-0.1, -0.05) is 35.0 Å². The molecule has 0 aliphatic rings. The number of halogens is 1. The maximum absolute atomic E-state index is 12.7. The van der Waals surface area contributed by atoms with Gasteiger partial charge < -0.3 is 14.6 Å². The van der Waals surface area contributed by atoms with Crippen molar-refractivity contribution in [1.29, 1.82) is 0 Å². The molecule has 0 aliphatic carbocycles. The van der Waals surface area contributed by atoms with E-state index in [1.54, 1.807) is 25.1 Å². The Morgan fingerprint density at radius 1 is 1.19 bits per heavy atom. The van der Waals surface area contributed by atoms with E-state index < -0.39 is 0 Å². The highest BCUT2D eigenvalue weighted by atomic mass is 35.5. The fraction of sp³-hybridized carbons (Fsp3) is 0.238. The third-order valence-electron chi connectivity index (χ3n) is 4.43. The zero-order valence-corrected chi connectivity index (χ0v) is 16.5. The van der Waals surface area contributed by atoms with E-state index in [-0.39, 0.29) is 18.2 Å². The van der Waals surface area contributed by atoms with Crippen molar-refractivity contribution in [2.45, 2.75) is 34.3 Å². The van der Waals surface area contributed by atoms with E-state index >= 15 is 0 Å². The number of benzene rings is 2. The smallest absolute Gasteiger partial charge is 0.278 e. The molecule has 1 amide bonds. The number of ether oxygens (including phenoxy) is 1. The van der Waals surface area contributed by atoms with Crippen molar-refractivity contribution in [3.63, 3.8) is 0 Å². The predicted octanol–water partition coefficient (Wildman–Crippen LogP) is 5.39. The number of carbonyl (C=O) groups is 1. The number of hydrogen-bond acceptors (Lipinski definition) is 4. The summed E-state index contributed by atoms with van der Waals surface area (Å²) in [6.45, 7) is 7.78. The van der Waals surface area contributed by atoms with Crippen LogP contribution in [0.25, 0.3) is 0 Å². The highest BCUT2D eigenvalue weighted by Gasteiger charge is 2.21. The van der Waals surface area contributed by atoms with Gasteiger partial charge in [-0.05, 0) is 62.6 Å². The maximum atomic E-state index is 12.7. The Morgan fingerprint density at radius 3 is 2.74 bits per heavy atom. The fourth-order valence-corrected chi connectivity index (χ4v) is 2.85. The standard InChI is InChI=1S/C21H21ClN2O3/c1-12-8-9-13(2)19(10-12)26-11-16-15(4)27-24-20(16)21(25)23-18-7-5-6-17(22)14(18)3/h5-10H,11H2,1-4H3,(H,23,25). The number of nitrogens with zero attached hydrogens (tertiary/aromatic N) is 1. The summed E-state index contributed by atoms with van der Waals surface area (Å²) in [7, 11) is 0. The van der Waals surface area contributed by atoms with Gasteiger partial charge in [0.2, 0.25) is 0 Å². The van der Waals surface area contributed by atoms with E-state index in [1.807, 2.05) is 39.0 Å². The van der Waals surface area contributed by atoms with Crippen LogP contribution < -0.4 is 10.1 Å². The van der Waals surface area contributed by atoms with Gasteiger partial charge in [-0.3, -0.25) is 4.79 Å². The number of anilines is 1. The largest absolute Gasteiger partial charge is 0.488 e. The van der Waals surface area contributed by atoms with E-state index in [9.17, 15) is 4.79 Å². The quantitative estimate of drug-likeness (QED) is 0.640. The molecule has 0 unspecified atom stereocenters. The van der Waals surface area contributed by atoms with E-state index in [2.05, 4.69) is 10.5 Å². The lowest BCUT2D eigenvalue weighted by Crippen LogP contribution is -2.16. The summed E-state index contributed by atoms with van der Waals surface area (Å²) in [5.74, 6) is 0.956. The highest BCUT2D eigenvalue weighted by Crippen LogP contribution is 2.25. The minimum atomic E-state index is -0.364. The van der Waals surface area contributed by atoms with Crippen molar-refractivity contribution in [1.82, 2.24) is 5.16 Å². The van der Waals surface area contributed by atoms with Gasteiger partial charge in [0.15, 0.2) is 5.69 Å². The highest BCUT2D eigenvalue weighted by molar-refractivity contribution is 6.31. The maximum Gasteiger partial charge on any atom is 0.278 e. The minimum absolute atomic E-state index is 0.191. The molecule has 5 nitrogen and oxygen atoms in total. The first-order valence-corrected chi connectivity index (χ1v) is 8.96. The molecule has 1 aromatic heterocycles. The number of aromatic nitrogens is 1. The third kappa shape index (κ3) is 4.14. The lowest BCUT2D eigenvalue weighted by molar-refractivity contribution is 0.101. The van der Waals surface area contributed by atoms with Crippen LogP contribution in [-0.2, 0) is 6.61 Å². The molecule has 0 radical (unpaired) electrons. The van der Waals surface area contributed by atoms with Crippen molar-refractivity contribution < 1.29 is 14.1 Å². The summed E-state index contributed by atoms with van der Waals surface area (Å²) < 4.78 is 11.2. The van der Waals surface area contributed by atoms with E-state index in [1.165, 1.54) is 0 Å². The van der Waals surface area contributed by atoms with Gasteiger partial charge >= 0.3 is 0 Å². The van der Waals surface area contributed by atoms with Crippen LogP contribution >= 0.6 is 11.6 Å². The van der Waals surface area contributed by atoms with Gasteiger partial charge in [0.1, 0.15) is 18.1 Å². The molecular formula is C21H21ClN2O3. The van der Waals surface area contributed by atoms with Gasteiger partial charge in [0.05, 0.1) is 5.56 Å². The van der Waals surface area contributed by atoms with Crippen molar-refractivity contribution >= 4 is 23.2 Å². The number of hydrogen-bond donors (Lipinski definition) is 1. The van der Waals surface area contributed by atoms with Crippen molar-refractivity contribution in [2.75, 3.05) is 5.32 Å². The molecule has 3 aromatic rings. The Kier molecular flexibility index (Phi) is 5.51. The molecule has 140 valence electrons. The topological polar surface area (TPSA) is 64.4 Å². The normalized spacial score (nSPS) is 10.7. The van der Waals surface area contributed by atoms with Crippen LogP contribution in [0.15, 0.2) is 40.9 Å². The van der Waals surface area contributed by atoms with E-state index in [0.29, 0.717) is 22.0 Å². The van der Waals surface area contributed by atoms with Crippen LogP contribution in [0.4, 0.5) is 5.69 Å². The van der Waals surface area contributed by atoms with Crippen LogP contribution in [0.2, 0.25) is 5.02 Å². The molecule has 0 bridgehead atoms. The number of aryl methyl sites for hydroxylation is 3. The summed E-state index contributed by atoms with van der Waals surface area (Å²) >= 11 is 6.12. The average molecular weight is 385 g/mol. The van der Waals surface area contributed by atoms with Crippen molar-refractivity contribution in [2.24, 2.45) is 0 Å². The molecule has 2 aromatic carbocycles. The van der Waals surface area contributed by atoms with Gasteiger partial charge in [-0.15, -0.1) is 0 Å². The van der Waals surface area contributed by atoms with Crippen LogP contribution in [0.3, 0.4) is 0 Å². The Balaban J connectivity index is 1.80. The van der Waals surface area contributed by atoms with Crippen LogP contribution in [0, 0.1) is 27.7 Å². The Labute approximate surface area is 163 Å². The summed E-state index contributed by atoms with van der Waals surface area (Å²) in [4.78, 5) is 12.7. The SMILES string of the molecule is Cc1ccc(C)c(OCc2c(C(=O)Nc3cccc(Cl)c3C)noc2C)c1. The number of carbonyl (C=O) groups excluding carboxylic acids is 1. The Bertz CT molecular complexity index is 995. The molecule has 0 aliphatic heterocycles. The van der Waals surface area contributed by atoms with Gasteiger partial charge in [-0.25, -0.2) is 0 Å². The second kappa shape index (κ2) is 7.84. The first-order chi connectivity index (χ1) is 12.9. The monoisotopic (exact) mass is 384 g/mol. The first-order valence-electron chi connectivity index (χ1n) is 8.58. The summed E-state index contributed by atoms with van der Waals surface area (Å²) in [5, 5.41) is 7.34. The molecule has 6 heteroatoms. The molecule has 1 heterocycles. The summed E-state index contributed by atoms with van der Waals surface area (Å²) in [6, 6.07) is 11.3. The molecule has 1 N–H and O–H groups in total. The van der Waals surface area contributed by atoms with Crippen LogP contribution in [0.1, 0.15) is 38.5 Å². The number of rotatable bonds is 5. The molecule has 3 rings (SSSR count). The predicted molar refractivity (Wildman–Crippen MR) is 106 cm³/mol. The molecule has 0 spiro atoms. The second-order valence-electron chi connectivity index (χ2n) is 6.49.